The van der Waals surface area contributed by atoms with E-state index in [0.29, 0.717) is 5.56 Å². The molecule has 0 heterocycles. The fourth-order valence-corrected chi connectivity index (χ4v) is 2.68. The first-order valence-electron chi connectivity index (χ1n) is 4.51. The van der Waals surface area contributed by atoms with Gasteiger partial charge in [0.2, 0.25) is 15.3 Å². The molecule has 0 saturated heterocycles. The van der Waals surface area contributed by atoms with E-state index in [1.165, 1.54) is 25.1 Å². The van der Waals surface area contributed by atoms with Crippen LogP contribution in [0.3, 0.4) is 0 Å². The third kappa shape index (κ3) is 2.57. The molecule has 88 valence electrons. The molecule has 0 fully saturated rings. The van der Waals surface area contributed by atoms with Crippen molar-refractivity contribution in [2.75, 3.05) is 0 Å². The van der Waals surface area contributed by atoms with Crippen LogP contribution >= 0.6 is 0 Å². The minimum Gasteiger partial charge on any atom is -0.481 e. The van der Waals surface area contributed by atoms with Crippen LogP contribution in [0.15, 0.2) is 29.2 Å². The summed E-state index contributed by atoms with van der Waals surface area (Å²) in [5.41, 5.74) is -2.01. The minimum absolute atomic E-state index is 0.163. The molecular formula is C10H11FO4S. The molecule has 1 unspecified atom stereocenters. The van der Waals surface area contributed by atoms with Gasteiger partial charge in [-0.15, -0.1) is 0 Å². The maximum absolute atomic E-state index is 13.3. The molecule has 4 nitrogen and oxygen atoms in total. The van der Waals surface area contributed by atoms with Gasteiger partial charge in [-0.1, -0.05) is 18.2 Å². The van der Waals surface area contributed by atoms with E-state index in [9.17, 15) is 17.6 Å². The van der Waals surface area contributed by atoms with E-state index in [1.54, 1.807) is 6.07 Å². The Hall–Kier alpha value is -1.43. The van der Waals surface area contributed by atoms with Crippen molar-refractivity contribution in [2.45, 2.75) is 23.7 Å². The Balaban J connectivity index is 3.12. The lowest BCUT2D eigenvalue weighted by Gasteiger charge is -2.09. The molecule has 0 aliphatic heterocycles. The quantitative estimate of drug-likeness (QED) is 0.874. The number of alkyl halides is 1. The smallest absolute Gasteiger partial charge is 0.307 e. The third-order valence-electron chi connectivity index (χ3n) is 2.07. The lowest BCUT2D eigenvalue weighted by Crippen LogP contribution is -2.20. The summed E-state index contributed by atoms with van der Waals surface area (Å²) >= 11 is 0. The Morgan fingerprint density at radius 1 is 1.44 bits per heavy atom. The summed E-state index contributed by atoms with van der Waals surface area (Å²) in [6.07, 6.45) is -1.04. The summed E-state index contributed by atoms with van der Waals surface area (Å²) in [5, 5.41) is 8.36. The number of hydrogen-bond acceptors (Lipinski definition) is 3. The van der Waals surface area contributed by atoms with E-state index >= 15 is 0 Å². The van der Waals surface area contributed by atoms with Crippen LogP contribution in [0.4, 0.5) is 4.39 Å². The highest BCUT2D eigenvalue weighted by Crippen LogP contribution is 2.22. The van der Waals surface area contributed by atoms with Crippen LogP contribution in [0, 0.1) is 6.92 Å². The van der Waals surface area contributed by atoms with Gasteiger partial charge in [-0.2, -0.15) is 0 Å². The molecule has 16 heavy (non-hydrogen) atoms. The first kappa shape index (κ1) is 12.6. The summed E-state index contributed by atoms with van der Waals surface area (Å²) in [4.78, 5) is 10.1. The monoisotopic (exact) mass is 246 g/mol. The van der Waals surface area contributed by atoms with Gasteiger partial charge in [0.25, 0.3) is 0 Å². The molecule has 0 aromatic heterocycles. The highest BCUT2D eigenvalue weighted by Gasteiger charge is 2.30. The van der Waals surface area contributed by atoms with Crippen molar-refractivity contribution >= 4 is 15.8 Å². The number of hydrogen-bond donors (Lipinski definition) is 1. The van der Waals surface area contributed by atoms with E-state index < -0.39 is 27.7 Å². The van der Waals surface area contributed by atoms with E-state index in [4.69, 9.17) is 5.11 Å². The molecule has 0 amide bonds. The van der Waals surface area contributed by atoms with Crippen molar-refractivity contribution in [3.05, 3.63) is 29.8 Å². The molecule has 1 N–H and O–H groups in total. The van der Waals surface area contributed by atoms with E-state index in [0.717, 1.165) is 0 Å². The topological polar surface area (TPSA) is 71.4 Å². The van der Waals surface area contributed by atoms with Gasteiger partial charge >= 0.3 is 5.97 Å². The molecular weight excluding hydrogens is 235 g/mol. The molecule has 0 spiro atoms. The van der Waals surface area contributed by atoms with Crippen molar-refractivity contribution < 1.29 is 22.7 Å². The molecule has 0 saturated carbocycles. The first-order valence-corrected chi connectivity index (χ1v) is 6.05. The SMILES string of the molecule is Cc1ccccc1S(=O)(=O)C(F)CC(=O)O. The number of sulfone groups is 1. The van der Waals surface area contributed by atoms with Crippen molar-refractivity contribution in [1.29, 1.82) is 0 Å². The van der Waals surface area contributed by atoms with Crippen molar-refractivity contribution in [3.63, 3.8) is 0 Å². The molecule has 1 aromatic rings. The lowest BCUT2D eigenvalue weighted by atomic mass is 10.2. The largest absolute Gasteiger partial charge is 0.481 e. The van der Waals surface area contributed by atoms with Gasteiger partial charge in [0.1, 0.15) is 0 Å². The number of benzene rings is 1. The molecule has 0 aliphatic carbocycles. The molecule has 0 aliphatic rings. The fraction of sp³-hybridized carbons (Fsp3) is 0.300. The number of aliphatic carboxylic acids is 1. The highest BCUT2D eigenvalue weighted by molar-refractivity contribution is 7.92. The molecule has 1 atom stereocenters. The van der Waals surface area contributed by atoms with Crippen LogP contribution in [-0.2, 0) is 14.6 Å². The van der Waals surface area contributed by atoms with Gasteiger partial charge in [-0.05, 0) is 18.6 Å². The zero-order chi connectivity index (χ0) is 12.3. The first-order chi connectivity index (χ1) is 7.35. The lowest BCUT2D eigenvalue weighted by molar-refractivity contribution is -0.137. The fourth-order valence-electron chi connectivity index (χ4n) is 1.26. The molecule has 0 radical (unpaired) electrons. The Morgan fingerprint density at radius 2 is 2.00 bits per heavy atom. The predicted octanol–water partition coefficient (Wildman–Crippen LogP) is 1.54. The third-order valence-corrected chi connectivity index (χ3v) is 3.98. The van der Waals surface area contributed by atoms with Crippen LogP contribution in [0.5, 0.6) is 0 Å². The second-order valence-electron chi connectivity index (χ2n) is 3.32. The summed E-state index contributed by atoms with van der Waals surface area (Å²) in [6, 6.07) is 5.88. The summed E-state index contributed by atoms with van der Waals surface area (Å²) in [6.45, 7) is 1.53. The van der Waals surface area contributed by atoms with Crippen LogP contribution in [0.2, 0.25) is 0 Å². The molecule has 1 aromatic carbocycles. The minimum atomic E-state index is -4.21. The van der Waals surface area contributed by atoms with Crippen molar-refractivity contribution in [3.8, 4) is 0 Å². The maximum atomic E-state index is 13.3. The van der Waals surface area contributed by atoms with Crippen LogP contribution in [0.25, 0.3) is 0 Å². The standard InChI is InChI=1S/C10H11FO4S/c1-7-4-2-3-5-8(7)16(14,15)9(11)6-10(12)13/h2-5,9H,6H2,1H3,(H,12,13). The Morgan fingerprint density at radius 3 is 2.50 bits per heavy atom. The Kier molecular flexibility index (Phi) is 3.64. The van der Waals surface area contributed by atoms with Gasteiger partial charge in [0, 0.05) is 0 Å². The maximum Gasteiger partial charge on any atom is 0.307 e. The molecule has 1 rings (SSSR count). The van der Waals surface area contributed by atoms with Crippen LogP contribution in [-0.4, -0.2) is 25.0 Å². The number of carboxylic acid groups (broad SMARTS) is 1. The summed E-state index contributed by atoms with van der Waals surface area (Å²) in [5.74, 6) is -1.48. The summed E-state index contributed by atoms with van der Waals surface area (Å²) in [7, 11) is -4.21. The van der Waals surface area contributed by atoms with Gasteiger partial charge < -0.3 is 5.11 Å². The predicted molar refractivity (Wildman–Crippen MR) is 55.5 cm³/mol. The van der Waals surface area contributed by atoms with Crippen molar-refractivity contribution in [1.82, 2.24) is 0 Å². The zero-order valence-electron chi connectivity index (χ0n) is 8.55. The summed E-state index contributed by atoms with van der Waals surface area (Å²) < 4.78 is 36.6. The van der Waals surface area contributed by atoms with Gasteiger partial charge in [0.05, 0.1) is 11.3 Å². The number of carboxylic acids is 1. The van der Waals surface area contributed by atoms with E-state index in [2.05, 4.69) is 0 Å². The zero-order valence-corrected chi connectivity index (χ0v) is 9.37. The number of rotatable bonds is 4. The van der Waals surface area contributed by atoms with Crippen LogP contribution in [0.1, 0.15) is 12.0 Å². The average molecular weight is 246 g/mol. The molecule has 6 heteroatoms. The highest BCUT2D eigenvalue weighted by atomic mass is 32.2. The average Bonchev–Trinajstić information content (AvgIpc) is 2.16. The Bertz CT molecular complexity index is 495. The normalized spacial score (nSPS) is 13.4. The van der Waals surface area contributed by atoms with Crippen LogP contribution < -0.4 is 0 Å². The van der Waals surface area contributed by atoms with Gasteiger partial charge in [-0.25, -0.2) is 12.8 Å². The molecule has 0 bridgehead atoms. The van der Waals surface area contributed by atoms with Gasteiger partial charge in [0.15, 0.2) is 0 Å². The second-order valence-corrected chi connectivity index (χ2v) is 5.36. The second kappa shape index (κ2) is 4.61. The Labute approximate surface area is 92.6 Å². The van der Waals surface area contributed by atoms with E-state index in [-0.39, 0.29) is 4.90 Å². The van der Waals surface area contributed by atoms with Crippen molar-refractivity contribution in [2.24, 2.45) is 0 Å². The number of aryl methyl sites for hydroxylation is 1. The number of halogens is 1. The number of carbonyl (C=O) groups is 1. The van der Waals surface area contributed by atoms with E-state index in [1.807, 2.05) is 0 Å². The van der Waals surface area contributed by atoms with Gasteiger partial charge in [-0.3, -0.25) is 4.79 Å².